The lowest BCUT2D eigenvalue weighted by atomic mass is 9.73. The van der Waals surface area contributed by atoms with Crippen molar-refractivity contribution >= 4 is 0 Å². The van der Waals surface area contributed by atoms with E-state index in [0.29, 0.717) is 6.04 Å². The van der Waals surface area contributed by atoms with Crippen molar-refractivity contribution in [3.8, 4) is 6.07 Å². The summed E-state index contributed by atoms with van der Waals surface area (Å²) >= 11 is 0. The van der Waals surface area contributed by atoms with Crippen LogP contribution in [-0.2, 0) is 0 Å². The Kier molecular flexibility index (Phi) is 4.16. The lowest BCUT2D eigenvalue weighted by Gasteiger charge is -2.38. The van der Waals surface area contributed by atoms with Crippen LogP contribution in [0.4, 0.5) is 0 Å². The topological polar surface area (TPSA) is 35.8 Å². The highest BCUT2D eigenvalue weighted by Crippen LogP contribution is 2.35. The number of nitriles is 1. The summed E-state index contributed by atoms with van der Waals surface area (Å²) in [7, 11) is 0. The molecule has 0 atom stereocenters. The SMILES string of the molecule is CC(C)NC1(C#N)CCC(C(C)C)CC1. The molecule has 0 aromatic heterocycles. The molecule has 1 aliphatic rings. The van der Waals surface area contributed by atoms with Gasteiger partial charge >= 0.3 is 0 Å². The van der Waals surface area contributed by atoms with Crippen LogP contribution in [0.1, 0.15) is 53.4 Å². The summed E-state index contributed by atoms with van der Waals surface area (Å²) in [6.07, 6.45) is 4.44. The van der Waals surface area contributed by atoms with Crippen molar-refractivity contribution in [1.82, 2.24) is 5.32 Å². The largest absolute Gasteiger partial charge is 0.297 e. The average Bonchev–Trinajstić information content (AvgIpc) is 2.17. The van der Waals surface area contributed by atoms with Gasteiger partial charge in [0, 0.05) is 6.04 Å². The highest BCUT2D eigenvalue weighted by atomic mass is 15.0. The van der Waals surface area contributed by atoms with E-state index in [0.717, 1.165) is 24.7 Å². The predicted octanol–water partition coefficient (Wildman–Crippen LogP) is 3.09. The zero-order valence-corrected chi connectivity index (χ0v) is 10.5. The fraction of sp³-hybridized carbons (Fsp3) is 0.923. The van der Waals surface area contributed by atoms with Crippen molar-refractivity contribution in [2.45, 2.75) is 65.0 Å². The van der Waals surface area contributed by atoms with Gasteiger partial charge in [0.05, 0.1) is 6.07 Å². The third-order valence-corrected chi connectivity index (χ3v) is 3.61. The fourth-order valence-electron chi connectivity index (χ4n) is 2.64. The second-order valence-electron chi connectivity index (χ2n) is 5.57. The molecule has 0 aromatic carbocycles. The molecule has 1 saturated carbocycles. The van der Waals surface area contributed by atoms with Crippen LogP contribution in [0.5, 0.6) is 0 Å². The maximum atomic E-state index is 9.30. The molecule has 0 radical (unpaired) electrons. The Morgan fingerprint density at radius 1 is 1.20 bits per heavy atom. The number of nitrogens with one attached hydrogen (secondary N) is 1. The summed E-state index contributed by atoms with van der Waals surface area (Å²) in [5.41, 5.74) is -0.237. The van der Waals surface area contributed by atoms with Crippen LogP contribution < -0.4 is 5.32 Å². The highest BCUT2D eigenvalue weighted by molar-refractivity contribution is 5.09. The molecule has 0 unspecified atom stereocenters. The first-order chi connectivity index (χ1) is 6.99. The first-order valence-electron chi connectivity index (χ1n) is 6.18. The Bertz CT molecular complexity index is 229. The van der Waals surface area contributed by atoms with E-state index in [1.807, 2.05) is 0 Å². The molecule has 0 bridgehead atoms. The zero-order valence-electron chi connectivity index (χ0n) is 10.5. The van der Waals surface area contributed by atoms with Crippen molar-refractivity contribution in [1.29, 1.82) is 5.26 Å². The molecular formula is C13H24N2. The Hall–Kier alpha value is -0.550. The van der Waals surface area contributed by atoms with Crippen LogP contribution in [0.3, 0.4) is 0 Å². The minimum absolute atomic E-state index is 0.237. The van der Waals surface area contributed by atoms with Crippen LogP contribution in [-0.4, -0.2) is 11.6 Å². The van der Waals surface area contributed by atoms with Gasteiger partial charge in [0.25, 0.3) is 0 Å². The van der Waals surface area contributed by atoms with Crippen molar-refractivity contribution in [2.75, 3.05) is 0 Å². The van der Waals surface area contributed by atoms with Gasteiger partial charge in [0.2, 0.25) is 0 Å². The molecule has 0 aliphatic heterocycles. The monoisotopic (exact) mass is 208 g/mol. The molecule has 1 rings (SSSR count). The summed E-state index contributed by atoms with van der Waals surface area (Å²) in [5, 5.41) is 12.7. The van der Waals surface area contributed by atoms with E-state index in [4.69, 9.17) is 0 Å². The van der Waals surface area contributed by atoms with Crippen molar-refractivity contribution in [2.24, 2.45) is 11.8 Å². The van der Waals surface area contributed by atoms with Gasteiger partial charge in [-0.2, -0.15) is 5.26 Å². The van der Waals surface area contributed by atoms with Gasteiger partial charge in [-0.25, -0.2) is 0 Å². The molecule has 0 aromatic rings. The number of hydrogen-bond donors (Lipinski definition) is 1. The molecule has 0 saturated heterocycles. The van der Waals surface area contributed by atoms with Gasteiger partial charge in [-0.15, -0.1) is 0 Å². The van der Waals surface area contributed by atoms with Crippen LogP contribution in [0.2, 0.25) is 0 Å². The molecule has 1 aliphatic carbocycles. The number of hydrogen-bond acceptors (Lipinski definition) is 2. The molecule has 0 amide bonds. The van der Waals surface area contributed by atoms with Crippen LogP contribution in [0.15, 0.2) is 0 Å². The van der Waals surface area contributed by atoms with Crippen LogP contribution in [0, 0.1) is 23.2 Å². The fourth-order valence-corrected chi connectivity index (χ4v) is 2.64. The average molecular weight is 208 g/mol. The highest BCUT2D eigenvalue weighted by Gasteiger charge is 2.36. The van der Waals surface area contributed by atoms with Gasteiger partial charge < -0.3 is 0 Å². The van der Waals surface area contributed by atoms with Crippen molar-refractivity contribution in [3.05, 3.63) is 0 Å². The Balaban J connectivity index is 2.56. The predicted molar refractivity (Wildman–Crippen MR) is 63.4 cm³/mol. The molecule has 15 heavy (non-hydrogen) atoms. The normalized spacial score (nSPS) is 31.9. The quantitative estimate of drug-likeness (QED) is 0.773. The lowest BCUT2D eigenvalue weighted by molar-refractivity contribution is 0.192. The minimum Gasteiger partial charge on any atom is -0.297 e. The van der Waals surface area contributed by atoms with Gasteiger partial charge in [-0.3, -0.25) is 5.32 Å². The molecular weight excluding hydrogens is 184 g/mol. The van der Waals surface area contributed by atoms with E-state index in [1.165, 1.54) is 12.8 Å². The molecule has 1 fully saturated rings. The summed E-state index contributed by atoms with van der Waals surface area (Å²) in [5.74, 6) is 1.58. The van der Waals surface area contributed by atoms with Crippen molar-refractivity contribution in [3.63, 3.8) is 0 Å². The zero-order chi connectivity index (χ0) is 11.5. The van der Waals surface area contributed by atoms with Gasteiger partial charge in [-0.05, 0) is 51.4 Å². The molecule has 0 spiro atoms. The third kappa shape index (κ3) is 3.21. The summed E-state index contributed by atoms with van der Waals surface area (Å²) in [6, 6.07) is 2.90. The molecule has 1 N–H and O–H groups in total. The molecule has 2 heteroatoms. The van der Waals surface area contributed by atoms with E-state index >= 15 is 0 Å². The molecule has 2 nitrogen and oxygen atoms in total. The summed E-state index contributed by atoms with van der Waals surface area (Å²) < 4.78 is 0. The first-order valence-corrected chi connectivity index (χ1v) is 6.18. The van der Waals surface area contributed by atoms with E-state index in [2.05, 4.69) is 39.1 Å². The van der Waals surface area contributed by atoms with Gasteiger partial charge in [0.1, 0.15) is 5.54 Å². The van der Waals surface area contributed by atoms with E-state index in [9.17, 15) is 5.26 Å². The van der Waals surface area contributed by atoms with Crippen molar-refractivity contribution < 1.29 is 0 Å². The number of rotatable bonds is 3. The summed E-state index contributed by atoms with van der Waals surface area (Å²) in [4.78, 5) is 0. The Morgan fingerprint density at radius 2 is 1.73 bits per heavy atom. The smallest absolute Gasteiger partial charge is 0.106 e. The van der Waals surface area contributed by atoms with E-state index in [-0.39, 0.29) is 5.54 Å². The standard InChI is InChI=1S/C13H24N2/c1-10(2)12-5-7-13(9-14,8-6-12)15-11(3)4/h10-12,15H,5-8H2,1-4H3. The van der Waals surface area contributed by atoms with Crippen LogP contribution in [0.25, 0.3) is 0 Å². The van der Waals surface area contributed by atoms with E-state index < -0.39 is 0 Å². The number of nitrogens with zero attached hydrogens (tertiary/aromatic N) is 1. The van der Waals surface area contributed by atoms with Gasteiger partial charge in [0.15, 0.2) is 0 Å². The molecule has 86 valence electrons. The Labute approximate surface area is 94.1 Å². The van der Waals surface area contributed by atoms with E-state index in [1.54, 1.807) is 0 Å². The maximum Gasteiger partial charge on any atom is 0.106 e. The Morgan fingerprint density at radius 3 is 2.07 bits per heavy atom. The van der Waals surface area contributed by atoms with Gasteiger partial charge in [-0.1, -0.05) is 13.8 Å². The first kappa shape index (κ1) is 12.5. The second kappa shape index (κ2) is 4.99. The maximum absolute atomic E-state index is 9.30. The molecule has 0 heterocycles. The second-order valence-corrected chi connectivity index (χ2v) is 5.57. The van der Waals surface area contributed by atoms with Crippen LogP contribution >= 0.6 is 0 Å². The third-order valence-electron chi connectivity index (χ3n) is 3.61. The minimum atomic E-state index is -0.237. The summed E-state index contributed by atoms with van der Waals surface area (Å²) in [6.45, 7) is 8.82. The lowest BCUT2D eigenvalue weighted by Crippen LogP contribution is -2.50.